The van der Waals surface area contributed by atoms with Gasteiger partial charge in [-0.2, -0.15) is 0 Å². The molecule has 3 rings (SSSR count). The number of piperidine rings is 2. The zero-order chi connectivity index (χ0) is 14.1. The van der Waals surface area contributed by atoms with Gasteiger partial charge in [0, 0.05) is 24.5 Å². The summed E-state index contributed by atoms with van der Waals surface area (Å²) in [5.41, 5.74) is 0.681. The molecule has 0 bridgehead atoms. The van der Waals surface area contributed by atoms with E-state index in [2.05, 4.69) is 21.8 Å². The van der Waals surface area contributed by atoms with E-state index in [-0.39, 0.29) is 6.42 Å². The fourth-order valence-corrected chi connectivity index (χ4v) is 4.37. The molecule has 2 fully saturated rings. The molecule has 0 aromatic carbocycles. The highest BCUT2D eigenvalue weighted by atomic mass is 32.1. The minimum atomic E-state index is -0.811. The van der Waals surface area contributed by atoms with Gasteiger partial charge >= 0.3 is 5.97 Å². The summed E-state index contributed by atoms with van der Waals surface area (Å²) in [5.74, 6) is -0.0798. The number of anilines is 1. The molecule has 2 atom stereocenters. The number of nitrogens with zero attached hydrogens (tertiary/aromatic N) is 3. The van der Waals surface area contributed by atoms with Crippen LogP contribution in [0, 0.1) is 5.92 Å². The average molecular weight is 295 g/mol. The first-order chi connectivity index (χ1) is 9.63. The van der Waals surface area contributed by atoms with Crippen molar-refractivity contribution in [3.05, 3.63) is 11.1 Å². The first-order valence-electron chi connectivity index (χ1n) is 7.25. The minimum Gasteiger partial charge on any atom is -0.481 e. The summed E-state index contributed by atoms with van der Waals surface area (Å²) in [6.07, 6.45) is 3.81. The lowest BCUT2D eigenvalue weighted by Crippen LogP contribution is -2.52. The number of aromatic nitrogens is 1. The Bertz CT molecular complexity index is 491. The number of rotatable bonds is 3. The highest BCUT2D eigenvalue weighted by Crippen LogP contribution is 2.33. The standard InChI is InChI=1S/C14H21N3O2S/c1-16-5-2-3-10-8-17(6-4-12(10)16)14-15-11(9-20-14)7-13(18)19/h9-10,12H,2-8H2,1H3,(H,18,19). The molecular weight excluding hydrogens is 274 g/mol. The summed E-state index contributed by atoms with van der Waals surface area (Å²) in [6.45, 7) is 3.32. The number of carbonyl (C=O) groups is 1. The van der Waals surface area contributed by atoms with E-state index in [0.717, 1.165) is 30.2 Å². The maximum absolute atomic E-state index is 10.7. The van der Waals surface area contributed by atoms with Gasteiger partial charge in [0.2, 0.25) is 0 Å². The fraction of sp³-hybridized carbons (Fsp3) is 0.714. The molecule has 2 unspecified atom stereocenters. The van der Waals surface area contributed by atoms with Crippen LogP contribution >= 0.6 is 11.3 Å². The Labute approximate surface area is 123 Å². The third-order valence-electron chi connectivity index (χ3n) is 4.49. The van der Waals surface area contributed by atoms with Gasteiger partial charge < -0.3 is 14.9 Å². The van der Waals surface area contributed by atoms with Crippen LogP contribution in [0.15, 0.2) is 5.38 Å². The third-order valence-corrected chi connectivity index (χ3v) is 5.44. The summed E-state index contributed by atoms with van der Waals surface area (Å²) in [5, 5.41) is 11.7. The van der Waals surface area contributed by atoms with Gasteiger partial charge in [0.1, 0.15) is 0 Å². The molecule has 0 spiro atoms. The summed E-state index contributed by atoms with van der Waals surface area (Å²) in [6, 6.07) is 0.721. The van der Waals surface area contributed by atoms with Gasteiger partial charge in [0.25, 0.3) is 0 Å². The lowest BCUT2D eigenvalue weighted by atomic mass is 9.84. The summed E-state index contributed by atoms with van der Waals surface area (Å²) in [4.78, 5) is 20.1. The van der Waals surface area contributed by atoms with Gasteiger partial charge in [-0.05, 0) is 38.8 Å². The highest BCUT2D eigenvalue weighted by molar-refractivity contribution is 7.13. The number of carboxylic acids is 1. The third kappa shape index (κ3) is 2.81. The Morgan fingerprint density at radius 3 is 3.15 bits per heavy atom. The second-order valence-electron chi connectivity index (χ2n) is 5.88. The zero-order valence-electron chi connectivity index (χ0n) is 11.8. The van der Waals surface area contributed by atoms with Crippen LogP contribution in [0.3, 0.4) is 0 Å². The van der Waals surface area contributed by atoms with Crippen molar-refractivity contribution in [1.29, 1.82) is 0 Å². The number of thiazole rings is 1. The van der Waals surface area contributed by atoms with Crippen LogP contribution in [-0.2, 0) is 11.2 Å². The van der Waals surface area contributed by atoms with Crippen molar-refractivity contribution in [3.8, 4) is 0 Å². The predicted octanol–water partition coefficient (Wildman–Crippen LogP) is 1.69. The number of carboxylic acid groups (broad SMARTS) is 1. The molecule has 3 heterocycles. The SMILES string of the molecule is CN1CCCC2CN(c3nc(CC(=O)O)cs3)CCC21. The molecule has 1 aromatic heterocycles. The van der Waals surface area contributed by atoms with Gasteiger partial charge in [-0.3, -0.25) is 4.79 Å². The van der Waals surface area contributed by atoms with Crippen LogP contribution in [0.5, 0.6) is 0 Å². The lowest BCUT2D eigenvalue weighted by molar-refractivity contribution is -0.136. The topological polar surface area (TPSA) is 56.7 Å². The normalized spacial score (nSPS) is 27.4. The van der Waals surface area contributed by atoms with Crippen molar-refractivity contribution in [2.24, 2.45) is 5.92 Å². The first kappa shape index (κ1) is 13.8. The number of likely N-dealkylation sites (tertiary alicyclic amines) is 1. The molecule has 0 aliphatic carbocycles. The zero-order valence-corrected chi connectivity index (χ0v) is 12.6. The Kier molecular flexibility index (Phi) is 3.94. The van der Waals surface area contributed by atoms with E-state index in [9.17, 15) is 4.79 Å². The molecule has 20 heavy (non-hydrogen) atoms. The quantitative estimate of drug-likeness (QED) is 0.919. The number of fused-ring (bicyclic) bond motifs is 1. The Morgan fingerprint density at radius 2 is 2.35 bits per heavy atom. The van der Waals surface area contributed by atoms with E-state index in [4.69, 9.17) is 5.11 Å². The number of hydrogen-bond donors (Lipinski definition) is 1. The first-order valence-corrected chi connectivity index (χ1v) is 8.13. The van der Waals surface area contributed by atoms with Crippen molar-refractivity contribution in [1.82, 2.24) is 9.88 Å². The molecule has 2 saturated heterocycles. The van der Waals surface area contributed by atoms with Crippen molar-refractivity contribution >= 4 is 22.4 Å². The molecule has 1 N–H and O–H groups in total. The molecule has 2 aliphatic heterocycles. The average Bonchev–Trinajstić information content (AvgIpc) is 2.86. The minimum absolute atomic E-state index is 0.0269. The lowest BCUT2D eigenvalue weighted by Gasteiger charge is -2.45. The molecule has 5 nitrogen and oxygen atoms in total. The van der Waals surface area contributed by atoms with Crippen molar-refractivity contribution < 1.29 is 9.90 Å². The van der Waals surface area contributed by atoms with Gasteiger partial charge in [-0.25, -0.2) is 4.98 Å². The second kappa shape index (κ2) is 5.69. The van der Waals surface area contributed by atoms with E-state index < -0.39 is 5.97 Å². The van der Waals surface area contributed by atoms with Crippen LogP contribution < -0.4 is 4.90 Å². The molecule has 0 amide bonds. The van der Waals surface area contributed by atoms with E-state index in [1.54, 1.807) is 11.3 Å². The maximum Gasteiger partial charge on any atom is 0.309 e. The van der Waals surface area contributed by atoms with Crippen molar-refractivity contribution in [2.75, 3.05) is 31.6 Å². The van der Waals surface area contributed by atoms with Crippen LogP contribution in [-0.4, -0.2) is 53.7 Å². The van der Waals surface area contributed by atoms with Crippen molar-refractivity contribution in [3.63, 3.8) is 0 Å². The Balaban J connectivity index is 1.66. The van der Waals surface area contributed by atoms with E-state index in [1.165, 1.54) is 25.8 Å². The van der Waals surface area contributed by atoms with Crippen molar-refractivity contribution in [2.45, 2.75) is 31.7 Å². The van der Waals surface area contributed by atoms with Gasteiger partial charge in [-0.1, -0.05) is 0 Å². The van der Waals surface area contributed by atoms with E-state index in [0.29, 0.717) is 5.69 Å². The van der Waals surface area contributed by atoms with Crippen LogP contribution in [0.4, 0.5) is 5.13 Å². The molecule has 2 aliphatic rings. The van der Waals surface area contributed by atoms with Crippen LogP contribution in [0.25, 0.3) is 0 Å². The fourth-order valence-electron chi connectivity index (χ4n) is 3.50. The molecule has 0 radical (unpaired) electrons. The molecule has 0 saturated carbocycles. The van der Waals surface area contributed by atoms with E-state index >= 15 is 0 Å². The summed E-state index contributed by atoms with van der Waals surface area (Å²) < 4.78 is 0. The number of hydrogen-bond acceptors (Lipinski definition) is 5. The Morgan fingerprint density at radius 1 is 1.50 bits per heavy atom. The van der Waals surface area contributed by atoms with Gasteiger partial charge in [0.05, 0.1) is 12.1 Å². The number of aliphatic carboxylic acids is 1. The molecule has 6 heteroatoms. The predicted molar refractivity (Wildman–Crippen MR) is 79.4 cm³/mol. The monoisotopic (exact) mass is 295 g/mol. The van der Waals surface area contributed by atoms with E-state index in [1.807, 2.05) is 5.38 Å². The van der Waals surface area contributed by atoms with Crippen LogP contribution in [0.1, 0.15) is 25.0 Å². The molecular formula is C14H21N3O2S. The maximum atomic E-state index is 10.7. The highest BCUT2D eigenvalue weighted by Gasteiger charge is 2.34. The Hall–Kier alpha value is -1.14. The molecule has 110 valence electrons. The van der Waals surface area contributed by atoms with Gasteiger partial charge in [-0.15, -0.1) is 11.3 Å². The largest absolute Gasteiger partial charge is 0.481 e. The van der Waals surface area contributed by atoms with Gasteiger partial charge in [0.15, 0.2) is 5.13 Å². The smallest absolute Gasteiger partial charge is 0.309 e. The summed E-state index contributed by atoms with van der Waals surface area (Å²) in [7, 11) is 2.24. The molecule has 1 aromatic rings. The summed E-state index contributed by atoms with van der Waals surface area (Å²) >= 11 is 1.58. The van der Waals surface area contributed by atoms with Crippen LogP contribution in [0.2, 0.25) is 0 Å². The second-order valence-corrected chi connectivity index (χ2v) is 6.71.